The number of para-hydroxylation sites is 1. The molecule has 11 nitrogen and oxygen atoms in total. The largest absolute Gasteiger partial charge is 0.494 e. The maximum Gasteiger partial charge on any atom is 0.243 e. The smallest absolute Gasteiger partial charge is 0.243 e. The van der Waals surface area contributed by atoms with Crippen molar-refractivity contribution in [3.05, 3.63) is 71.7 Å². The lowest BCUT2D eigenvalue weighted by Gasteiger charge is -2.19. The van der Waals surface area contributed by atoms with Crippen molar-refractivity contribution >= 4 is 16.0 Å². The molecule has 1 aromatic carbocycles. The first kappa shape index (κ1) is 26.0. The average Bonchev–Trinajstić information content (AvgIpc) is 3.29. The minimum absolute atomic E-state index is 0.0622. The number of ether oxygens (including phenoxy) is 3. The van der Waals surface area contributed by atoms with E-state index in [4.69, 9.17) is 14.2 Å². The summed E-state index contributed by atoms with van der Waals surface area (Å²) in [7, 11) is 0.462. The zero-order valence-corrected chi connectivity index (χ0v) is 22.0. The number of methoxy groups -OCH3 is 3. The molecule has 12 heteroatoms. The highest BCUT2D eigenvalue weighted by Crippen LogP contribution is 2.37. The monoisotopic (exact) mass is 524 g/mol. The lowest BCUT2D eigenvalue weighted by Crippen LogP contribution is -2.25. The van der Waals surface area contributed by atoms with Gasteiger partial charge in [-0.3, -0.25) is 14.3 Å². The molecule has 1 atom stereocenters. The van der Waals surface area contributed by atoms with Gasteiger partial charge in [-0.15, -0.1) is 10.2 Å². The summed E-state index contributed by atoms with van der Waals surface area (Å²) in [6.45, 7) is 3.75. The number of benzene rings is 1. The summed E-state index contributed by atoms with van der Waals surface area (Å²) in [6, 6.07) is 14.2. The van der Waals surface area contributed by atoms with Crippen LogP contribution < -0.4 is 14.2 Å². The van der Waals surface area contributed by atoms with Gasteiger partial charge in [0.15, 0.2) is 5.82 Å². The molecule has 0 unspecified atom stereocenters. The van der Waals surface area contributed by atoms with Gasteiger partial charge in [0.1, 0.15) is 34.7 Å². The standard InChI is InChI=1S/C25H28N6O5S/c1-16-12-13-18(26-14-16)22(36-5)15-37(32,33)30-25-29-28-24(19-9-6-8-17(2)27-19)31(25)23-20(34-3)10-7-11-21(23)35-4/h6-14,22H,15H2,1-5H3,(H,29,30)/t22-/m0/s1. The minimum Gasteiger partial charge on any atom is -0.494 e. The molecule has 4 rings (SSSR count). The molecule has 0 aliphatic rings. The molecule has 4 aromatic rings. The zero-order chi connectivity index (χ0) is 26.6. The number of nitrogens with one attached hydrogen (secondary N) is 1. The number of rotatable bonds is 10. The van der Waals surface area contributed by atoms with Crippen molar-refractivity contribution in [2.75, 3.05) is 31.8 Å². The van der Waals surface area contributed by atoms with Crippen molar-refractivity contribution in [1.82, 2.24) is 24.7 Å². The first-order valence-corrected chi connectivity index (χ1v) is 13.0. The number of aryl methyl sites for hydroxylation is 2. The molecule has 0 amide bonds. The molecule has 1 N–H and O–H groups in total. The van der Waals surface area contributed by atoms with E-state index in [0.717, 1.165) is 11.3 Å². The van der Waals surface area contributed by atoms with Crippen molar-refractivity contribution in [3.8, 4) is 28.7 Å². The molecule has 0 spiro atoms. The Hall–Kier alpha value is -4.03. The third-order valence-corrected chi connectivity index (χ3v) is 6.81. The van der Waals surface area contributed by atoms with E-state index >= 15 is 0 Å². The Morgan fingerprint density at radius 2 is 1.65 bits per heavy atom. The molecule has 0 radical (unpaired) electrons. The van der Waals surface area contributed by atoms with Crippen LogP contribution in [-0.4, -0.2) is 60.2 Å². The van der Waals surface area contributed by atoms with Gasteiger partial charge in [0, 0.05) is 19.0 Å². The third-order valence-electron chi connectivity index (χ3n) is 5.57. The molecule has 194 valence electrons. The summed E-state index contributed by atoms with van der Waals surface area (Å²) < 4.78 is 47.3. The molecule has 0 aliphatic carbocycles. The van der Waals surface area contributed by atoms with Gasteiger partial charge < -0.3 is 14.2 Å². The first-order valence-electron chi connectivity index (χ1n) is 11.3. The Bertz CT molecular complexity index is 1470. The molecule has 37 heavy (non-hydrogen) atoms. The van der Waals surface area contributed by atoms with Gasteiger partial charge in [-0.2, -0.15) is 0 Å². The molecule has 0 saturated carbocycles. The van der Waals surface area contributed by atoms with E-state index in [2.05, 4.69) is 24.9 Å². The Labute approximate surface area is 215 Å². The van der Waals surface area contributed by atoms with Crippen LogP contribution in [0.1, 0.15) is 23.1 Å². The number of hydrogen-bond acceptors (Lipinski definition) is 9. The maximum absolute atomic E-state index is 13.3. The van der Waals surface area contributed by atoms with Crippen molar-refractivity contribution in [1.29, 1.82) is 0 Å². The molecular formula is C25H28N6O5S. The molecule has 0 fully saturated rings. The van der Waals surface area contributed by atoms with E-state index in [0.29, 0.717) is 34.4 Å². The van der Waals surface area contributed by atoms with Crippen LogP contribution in [0.4, 0.5) is 5.95 Å². The van der Waals surface area contributed by atoms with Crippen molar-refractivity contribution < 1.29 is 22.6 Å². The summed E-state index contributed by atoms with van der Waals surface area (Å²) in [6.07, 6.45) is 0.862. The second-order valence-electron chi connectivity index (χ2n) is 8.23. The van der Waals surface area contributed by atoms with Crippen LogP contribution in [0.3, 0.4) is 0 Å². The zero-order valence-electron chi connectivity index (χ0n) is 21.2. The summed E-state index contributed by atoms with van der Waals surface area (Å²) in [5.41, 5.74) is 3.11. The molecule has 0 saturated heterocycles. The number of pyridine rings is 2. The Balaban J connectivity index is 1.81. The van der Waals surface area contributed by atoms with E-state index in [9.17, 15) is 8.42 Å². The highest BCUT2D eigenvalue weighted by Gasteiger charge is 2.28. The molecule has 0 aliphatic heterocycles. The fourth-order valence-corrected chi connectivity index (χ4v) is 4.97. The van der Waals surface area contributed by atoms with Gasteiger partial charge in [0.25, 0.3) is 0 Å². The fraction of sp³-hybridized carbons (Fsp3) is 0.280. The van der Waals surface area contributed by atoms with Gasteiger partial charge in [0.05, 0.1) is 19.9 Å². The highest BCUT2D eigenvalue weighted by molar-refractivity contribution is 7.92. The summed E-state index contributed by atoms with van der Waals surface area (Å²) in [5.74, 6) is 0.688. The van der Waals surface area contributed by atoms with Crippen molar-refractivity contribution in [2.24, 2.45) is 0 Å². The molecular weight excluding hydrogens is 496 g/mol. The Morgan fingerprint density at radius 3 is 2.24 bits per heavy atom. The summed E-state index contributed by atoms with van der Waals surface area (Å²) >= 11 is 0. The minimum atomic E-state index is -3.99. The van der Waals surface area contributed by atoms with Gasteiger partial charge in [-0.05, 0) is 49.7 Å². The predicted octanol–water partition coefficient (Wildman–Crippen LogP) is 3.49. The number of anilines is 1. The molecule has 3 aromatic heterocycles. The fourth-order valence-electron chi connectivity index (χ4n) is 3.77. The van der Waals surface area contributed by atoms with Crippen LogP contribution in [0.2, 0.25) is 0 Å². The lowest BCUT2D eigenvalue weighted by atomic mass is 10.2. The number of sulfonamides is 1. The topological polar surface area (TPSA) is 130 Å². The summed E-state index contributed by atoms with van der Waals surface area (Å²) in [4.78, 5) is 8.86. The Morgan fingerprint density at radius 1 is 0.946 bits per heavy atom. The van der Waals surface area contributed by atoms with Gasteiger partial charge in [0.2, 0.25) is 16.0 Å². The average molecular weight is 525 g/mol. The Kier molecular flexibility index (Phi) is 7.69. The first-order chi connectivity index (χ1) is 17.8. The normalized spacial score (nSPS) is 12.2. The predicted molar refractivity (Wildman–Crippen MR) is 139 cm³/mol. The second-order valence-corrected chi connectivity index (χ2v) is 9.99. The van der Waals surface area contributed by atoms with Gasteiger partial charge in [-0.25, -0.2) is 13.4 Å². The molecule has 0 bridgehead atoms. The van der Waals surface area contributed by atoms with E-state index in [1.807, 2.05) is 32.0 Å². The number of hydrogen-bond donors (Lipinski definition) is 1. The van der Waals surface area contributed by atoms with Crippen LogP contribution in [0.25, 0.3) is 17.2 Å². The van der Waals surface area contributed by atoms with E-state index in [1.54, 1.807) is 36.5 Å². The SMILES string of the molecule is COc1cccc(OC)c1-n1c(NS(=O)(=O)C[C@H](OC)c2ccc(C)cn2)nnc1-c1cccc(C)n1. The van der Waals surface area contributed by atoms with Crippen LogP contribution >= 0.6 is 0 Å². The maximum atomic E-state index is 13.3. The quantitative estimate of drug-likeness (QED) is 0.331. The second kappa shape index (κ2) is 10.9. The van der Waals surface area contributed by atoms with Crippen LogP contribution in [-0.2, 0) is 14.8 Å². The van der Waals surface area contributed by atoms with Crippen LogP contribution in [0, 0.1) is 13.8 Å². The third kappa shape index (κ3) is 5.70. The van der Waals surface area contributed by atoms with Crippen LogP contribution in [0.15, 0.2) is 54.7 Å². The number of aromatic nitrogens is 5. The van der Waals surface area contributed by atoms with E-state index in [-0.39, 0.29) is 5.95 Å². The highest BCUT2D eigenvalue weighted by atomic mass is 32.2. The molecule has 3 heterocycles. The number of nitrogens with zero attached hydrogens (tertiary/aromatic N) is 5. The van der Waals surface area contributed by atoms with Crippen molar-refractivity contribution in [2.45, 2.75) is 20.0 Å². The van der Waals surface area contributed by atoms with Gasteiger partial charge >= 0.3 is 0 Å². The van der Waals surface area contributed by atoms with E-state index in [1.165, 1.54) is 25.9 Å². The summed E-state index contributed by atoms with van der Waals surface area (Å²) in [5, 5.41) is 8.44. The lowest BCUT2D eigenvalue weighted by molar-refractivity contribution is 0.118. The van der Waals surface area contributed by atoms with Gasteiger partial charge in [-0.1, -0.05) is 18.2 Å². The van der Waals surface area contributed by atoms with Crippen molar-refractivity contribution in [3.63, 3.8) is 0 Å². The van der Waals surface area contributed by atoms with E-state index < -0.39 is 21.9 Å². The van der Waals surface area contributed by atoms with Crippen LogP contribution in [0.5, 0.6) is 11.5 Å².